The van der Waals surface area contributed by atoms with Gasteiger partial charge in [-0.05, 0) is 59.8 Å². The number of hydrogen-bond acceptors (Lipinski definition) is 6. The van der Waals surface area contributed by atoms with Crippen LogP contribution in [-0.2, 0) is 25.9 Å². The Balaban J connectivity index is 2.19. The van der Waals surface area contributed by atoms with Gasteiger partial charge in [0.2, 0.25) is 0 Å². The summed E-state index contributed by atoms with van der Waals surface area (Å²) in [6, 6.07) is 11.7. The fourth-order valence-electron chi connectivity index (χ4n) is 2.64. The fraction of sp³-hybridized carbons (Fsp3) is 0.211. The van der Waals surface area contributed by atoms with E-state index < -0.39 is 21.7 Å². The van der Waals surface area contributed by atoms with Crippen molar-refractivity contribution in [3.8, 4) is 0 Å². The van der Waals surface area contributed by atoms with Gasteiger partial charge in [-0.3, -0.25) is 9.59 Å². The molecule has 0 aliphatic rings. The van der Waals surface area contributed by atoms with Crippen molar-refractivity contribution in [3.05, 3.63) is 56.4 Å². The number of carbonyl (C=O) groups is 2. The van der Waals surface area contributed by atoms with Crippen molar-refractivity contribution in [1.29, 1.82) is 0 Å². The summed E-state index contributed by atoms with van der Waals surface area (Å²) in [6.45, 7) is 1.80. The highest BCUT2D eigenvalue weighted by Gasteiger charge is 2.16. The largest absolute Gasteiger partial charge is 0.465 e. The summed E-state index contributed by atoms with van der Waals surface area (Å²) in [5.74, 6) is -0.912. The van der Waals surface area contributed by atoms with E-state index in [1.54, 1.807) is 35.8 Å². The van der Waals surface area contributed by atoms with Crippen molar-refractivity contribution >= 4 is 65.9 Å². The number of benzene rings is 2. The summed E-state index contributed by atoms with van der Waals surface area (Å²) < 4.78 is 31.7. The minimum absolute atomic E-state index is 0.135. The molecule has 1 heterocycles. The summed E-state index contributed by atoms with van der Waals surface area (Å²) in [7, 11) is -3.39. The van der Waals surface area contributed by atoms with Gasteiger partial charge in [-0.2, -0.15) is 4.99 Å². The summed E-state index contributed by atoms with van der Waals surface area (Å²) >= 11 is 3.20. The molecule has 0 bridgehead atoms. The highest BCUT2D eigenvalue weighted by molar-refractivity contribution is 14.1. The van der Waals surface area contributed by atoms with Crippen LogP contribution in [0.3, 0.4) is 0 Å². The molecule has 1 aromatic heterocycles. The maximum absolute atomic E-state index is 12.7. The lowest BCUT2D eigenvalue weighted by Crippen LogP contribution is -2.23. The van der Waals surface area contributed by atoms with Gasteiger partial charge < -0.3 is 9.30 Å². The third kappa shape index (κ3) is 4.93. The number of fused-ring (bicyclic) bond motifs is 1. The number of carbonyl (C=O) groups excluding carboxylic acids is 2. The molecule has 1 amide bonds. The van der Waals surface area contributed by atoms with Gasteiger partial charge in [0.15, 0.2) is 14.6 Å². The molecular formula is C19H17IN2O5S2. The highest BCUT2D eigenvalue weighted by Crippen LogP contribution is 2.22. The number of halogens is 1. The number of esters is 1. The Morgan fingerprint density at radius 1 is 1.21 bits per heavy atom. The minimum atomic E-state index is -3.39. The number of ether oxygens (including phenoxy) is 1. The molecule has 0 aliphatic carbocycles. The van der Waals surface area contributed by atoms with Gasteiger partial charge in [0, 0.05) is 9.83 Å². The Labute approximate surface area is 185 Å². The van der Waals surface area contributed by atoms with E-state index in [0.717, 1.165) is 21.2 Å². The summed E-state index contributed by atoms with van der Waals surface area (Å²) in [5.41, 5.74) is 1.05. The zero-order chi connectivity index (χ0) is 21.2. The van der Waals surface area contributed by atoms with Gasteiger partial charge in [0.05, 0.1) is 27.3 Å². The first-order valence-electron chi connectivity index (χ1n) is 8.53. The summed E-state index contributed by atoms with van der Waals surface area (Å²) in [4.78, 5) is 29.5. The molecule has 0 saturated carbocycles. The van der Waals surface area contributed by atoms with Gasteiger partial charge >= 0.3 is 5.97 Å². The third-order valence-corrected chi connectivity index (χ3v) is 7.07. The SMILES string of the molecule is CCOC(=O)Cn1c(=NC(=O)c2ccccc2I)sc2cc(S(C)(=O)=O)ccc21. The standard InChI is InChI=1S/C19H17IN2O5S2/c1-3-27-17(23)11-22-15-9-8-12(29(2,25)26)10-16(15)28-19(22)21-18(24)13-6-4-5-7-14(13)20/h4-10H,3,11H2,1-2H3. The molecule has 3 aromatic rings. The Morgan fingerprint density at radius 3 is 2.59 bits per heavy atom. The van der Waals surface area contributed by atoms with Crippen LogP contribution in [0.1, 0.15) is 17.3 Å². The van der Waals surface area contributed by atoms with Crippen LogP contribution in [0.2, 0.25) is 0 Å². The maximum Gasteiger partial charge on any atom is 0.326 e. The Morgan fingerprint density at radius 2 is 1.93 bits per heavy atom. The van der Waals surface area contributed by atoms with Crippen LogP contribution >= 0.6 is 33.9 Å². The molecule has 2 aromatic carbocycles. The molecule has 0 radical (unpaired) electrons. The van der Waals surface area contributed by atoms with Gasteiger partial charge in [0.1, 0.15) is 6.54 Å². The number of amides is 1. The van der Waals surface area contributed by atoms with Gasteiger partial charge in [-0.25, -0.2) is 8.42 Å². The van der Waals surface area contributed by atoms with Crippen LogP contribution in [0.15, 0.2) is 52.4 Å². The van der Waals surface area contributed by atoms with Crippen LogP contribution in [-0.4, -0.2) is 37.7 Å². The van der Waals surface area contributed by atoms with E-state index in [1.807, 2.05) is 6.07 Å². The Bertz CT molecular complexity index is 1280. The van der Waals surface area contributed by atoms with Gasteiger partial charge in [-0.15, -0.1) is 0 Å². The van der Waals surface area contributed by atoms with E-state index in [-0.39, 0.29) is 18.0 Å². The minimum Gasteiger partial charge on any atom is -0.465 e. The predicted octanol–water partition coefficient (Wildman–Crippen LogP) is 3.02. The van der Waals surface area contributed by atoms with E-state index in [1.165, 1.54) is 12.1 Å². The lowest BCUT2D eigenvalue weighted by atomic mass is 10.2. The van der Waals surface area contributed by atoms with Gasteiger partial charge in [0.25, 0.3) is 5.91 Å². The molecule has 0 atom stereocenters. The molecule has 3 rings (SSSR count). The Kier molecular flexibility index (Phi) is 6.54. The second-order valence-electron chi connectivity index (χ2n) is 6.07. The van der Waals surface area contributed by atoms with Crippen molar-refractivity contribution in [2.24, 2.45) is 4.99 Å². The van der Waals surface area contributed by atoms with E-state index in [0.29, 0.717) is 20.6 Å². The normalized spacial score (nSPS) is 12.3. The zero-order valence-corrected chi connectivity index (χ0v) is 19.4. The molecule has 0 unspecified atom stereocenters. The zero-order valence-electron chi connectivity index (χ0n) is 15.6. The van der Waals surface area contributed by atoms with Crippen molar-refractivity contribution in [2.45, 2.75) is 18.4 Å². The molecule has 0 fully saturated rings. The average Bonchev–Trinajstić information content (AvgIpc) is 2.98. The van der Waals surface area contributed by atoms with E-state index in [9.17, 15) is 18.0 Å². The smallest absolute Gasteiger partial charge is 0.326 e. The first-order chi connectivity index (χ1) is 13.7. The maximum atomic E-state index is 12.7. The van der Waals surface area contributed by atoms with Crippen molar-refractivity contribution in [3.63, 3.8) is 0 Å². The number of sulfone groups is 1. The van der Waals surface area contributed by atoms with Crippen LogP contribution in [0.5, 0.6) is 0 Å². The monoisotopic (exact) mass is 544 g/mol. The number of aromatic nitrogens is 1. The molecule has 0 spiro atoms. The van der Waals surface area contributed by atoms with Crippen molar-refractivity contribution in [1.82, 2.24) is 4.57 Å². The second kappa shape index (κ2) is 8.76. The molecule has 29 heavy (non-hydrogen) atoms. The van der Waals surface area contributed by atoms with Crippen LogP contribution in [0.25, 0.3) is 10.2 Å². The first kappa shape index (κ1) is 21.7. The summed E-state index contributed by atoms with van der Waals surface area (Å²) in [5, 5.41) is 0. The summed E-state index contributed by atoms with van der Waals surface area (Å²) in [6.07, 6.45) is 1.13. The lowest BCUT2D eigenvalue weighted by Gasteiger charge is -2.06. The molecule has 0 saturated heterocycles. The van der Waals surface area contributed by atoms with Crippen molar-refractivity contribution < 1.29 is 22.7 Å². The van der Waals surface area contributed by atoms with Gasteiger partial charge in [-0.1, -0.05) is 23.5 Å². The predicted molar refractivity (Wildman–Crippen MR) is 119 cm³/mol. The van der Waals surface area contributed by atoms with Crippen molar-refractivity contribution in [2.75, 3.05) is 12.9 Å². The number of nitrogens with zero attached hydrogens (tertiary/aromatic N) is 2. The highest BCUT2D eigenvalue weighted by atomic mass is 127. The number of hydrogen-bond donors (Lipinski definition) is 0. The molecule has 0 N–H and O–H groups in total. The second-order valence-corrected chi connectivity index (χ2v) is 10.3. The van der Waals surface area contributed by atoms with E-state index >= 15 is 0 Å². The number of thiazole rings is 1. The molecule has 7 nitrogen and oxygen atoms in total. The van der Waals surface area contributed by atoms with E-state index in [4.69, 9.17) is 4.74 Å². The molecular weight excluding hydrogens is 527 g/mol. The van der Waals surface area contributed by atoms with Crippen LogP contribution < -0.4 is 4.80 Å². The third-order valence-electron chi connectivity index (χ3n) is 3.98. The fourth-order valence-corrected chi connectivity index (χ4v) is 5.05. The molecule has 10 heteroatoms. The van der Waals surface area contributed by atoms with E-state index in [2.05, 4.69) is 27.6 Å². The average molecular weight is 544 g/mol. The van der Waals surface area contributed by atoms with Crippen LogP contribution in [0.4, 0.5) is 0 Å². The first-order valence-corrected chi connectivity index (χ1v) is 12.3. The quantitative estimate of drug-likeness (QED) is 0.364. The lowest BCUT2D eigenvalue weighted by molar-refractivity contribution is -0.143. The topological polar surface area (TPSA) is 94.8 Å². The molecule has 0 aliphatic heterocycles. The number of rotatable bonds is 5. The molecule has 152 valence electrons. The van der Waals surface area contributed by atoms with Crippen LogP contribution in [0, 0.1) is 3.57 Å². The Hall–Kier alpha value is -2.05.